The maximum atomic E-state index is 6.39. The number of benzene rings is 2. The van der Waals surface area contributed by atoms with Gasteiger partial charge in [0.25, 0.3) is 0 Å². The number of furan rings is 1. The van der Waals surface area contributed by atoms with Gasteiger partial charge in [0, 0.05) is 16.5 Å². The van der Waals surface area contributed by atoms with E-state index >= 15 is 0 Å². The van der Waals surface area contributed by atoms with Gasteiger partial charge >= 0.3 is 0 Å². The lowest BCUT2D eigenvalue weighted by Gasteiger charge is -2.36. The Hall–Kier alpha value is -2.26. The Kier molecular flexibility index (Phi) is 5.09. The fraction of sp³-hybridized carbons (Fsp3) is 0.333. The van der Waals surface area contributed by atoms with Crippen LogP contribution in [0.25, 0.3) is 28.4 Å². The Morgan fingerprint density at radius 1 is 1.00 bits per heavy atom. The standard InChI is InChI=1S/C24H30O2Si/c1-8-9-18-10-15-22-21(16-18)17(2)23(25-22)19-11-13-20(14-12-19)26-27(6,7)24(3,4)5/h8-16H,1-7H3/b9-8+. The van der Waals surface area contributed by atoms with Crippen LogP contribution in [0.1, 0.15) is 38.8 Å². The molecule has 0 amide bonds. The average Bonchev–Trinajstić information content (AvgIpc) is 2.91. The molecule has 0 N–H and O–H groups in total. The van der Waals surface area contributed by atoms with Crippen LogP contribution in [0.4, 0.5) is 0 Å². The lowest BCUT2D eigenvalue weighted by molar-refractivity contribution is 0.492. The van der Waals surface area contributed by atoms with Gasteiger partial charge in [-0.05, 0) is 73.9 Å². The third kappa shape index (κ3) is 3.88. The molecule has 0 aliphatic heterocycles. The molecule has 1 aromatic heterocycles. The Labute approximate surface area is 164 Å². The lowest BCUT2D eigenvalue weighted by atomic mass is 10.0. The molecule has 27 heavy (non-hydrogen) atoms. The number of allylic oxidation sites excluding steroid dienone is 1. The summed E-state index contributed by atoms with van der Waals surface area (Å²) >= 11 is 0. The molecule has 3 aromatic rings. The van der Waals surface area contributed by atoms with Crippen molar-refractivity contribution in [2.75, 3.05) is 0 Å². The molecule has 3 heteroatoms. The molecular formula is C24H30O2Si. The van der Waals surface area contributed by atoms with Crippen LogP contribution in [0.3, 0.4) is 0 Å². The maximum Gasteiger partial charge on any atom is 0.250 e. The molecule has 2 nitrogen and oxygen atoms in total. The summed E-state index contributed by atoms with van der Waals surface area (Å²) in [6.07, 6.45) is 4.16. The van der Waals surface area contributed by atoms with E-state index in [2.05, 4.69) is 95.4 Å². The number of hydrogen-bond donors (Lipinski definition) is 0. The number of fused-ring (bicyclic) bond motifs is 1. The van der Waals surface area contributed by atoms with Gasteiger partial charge in [-0.3, -0.25) is 0 Å². The second-order valence-electron chi connectivity index (χ2n) is 8.70. The van der Waals surface area contributed by atoms with Crippen LogP contribution < -0.4 is 4.43 Å². The summed E-state index contributed by atoms with van der Waals surface area (Å²) in [5, 5.41) is 1.35. The monoisotopic (exact) mass is 378 g/mol. The Bertz CT molecular complexity index is 970. The first kappa shape index (κ1) is 19.5. The zero-order valence-electron chi connectivity index (χ0n) is 17.5. The highest BCUT2D eigenvalue weighted by Crippen LogP contribution is 2.38. The van der Waals surface area contributed by atoms with E-state index < -0.39 is 8.32 Å². The first-order valence-electron chi connectivity index (χ1n) is 9.58. The van der Waals surface area contributed by atoms with Crippen LogP contribution in [-0.4, -0.2) is 8.32 Å². The van der Waals surface area contributed by atoms with E-state index in [0.29, 0.717) is 0 Å². The minimum absolute atomic E-state index is 0.186. The molecule has 2 aromatic carbocycles. The quantitative estimate of drug-likeness (QED) is 0.432. The van der Waals surface area contributed by atoms with Gasteiger partial charge in [0.05, 0.1) is 0 Å². The van der Waals surface area contributed by atoms with Crippen molar-refractivity contribution < 1.29 is 8.84 Å². The highest BCUT2D eigenvalue weighted by atomic mass is 28.4. The van der Waals surface area contributed by atoms with Crippen molar-refractivity contribution in [3.05, 3.63) is 59.7 Å². The molecule has 142 valence electrons. The van der Waals surface area contributed by atoms with Crippen molar-refractivity contribution in [1.29, 1.82) is 0 Å². The minimum Gasteiger partial charge on any atom is -0.544 e. The summed E-state index contributed by atoms with van der Waals surface area (Å²) in [5.74, 6) is 1.87. The average molecular weight is 379 g/mol. The van der Waals surface area contributed by atoms with Gasteiger partial charge < -0.3 is 8.84 Å². The molecule has 0 fully saturated rings. The third-order valence-corrected chi connectivity index (χ3v) is 9.97. The van der Waals surface area contributed by atoms with Gasteiger partial charge in [0.2, 0.25) is 8.32 Å². The van der Waals surface area contributed by atoms with Crippen molar-refractivity contribution in [2.24, 2.45) is 0 Å². The number of aryl methyl sites for hydroxylation is 1. The fourth-order valence-electron chi connectivity index (χ4n) is 2.93. The van der Waals surface area contributed by atoms with Gasteiger partial charge in [0.1, 0.15) is 17.1 Å². The summed E-state index contributed by atoms with van der Waals surface area (Å²) in [6, 6.07) is 14.6. The van der Waals surface area contributed by atoms with Gasteiger partial charge in [-0.2, -0.15) is 0 Å². The summed E-state index contributed by atoms with van der Waals surface area (Å²) in [6.45, 7) is 15.5. The predicted octanol–water partition coefficient (Wildman–Crippen LogP) is 7.83. The molecule has 0 atom stereocenters. The molecular weight excluding hydrogens is 348 g/mol. The Morgan fingerprint density at radius 3 is 2.26 bits per heavy atom. The van der Waals surface area contributed by atoms with Crippen molar-refractivity contribution in [2.45, 2.75) is 52.8 Å². The van der Waals surface area contributed by atoms with Gasteiger partial charge in [-0.1, -0.05) is 39.0 Å². The number of rotatable bonds is 4. The number of hydrogen-bond acceptors (Lipinski definition) is 2. The summed E-state index contributed by atoms with van der Waals surface area (Å²) in [4.78, 5) is 0. The summed E-state index contributed by atoms with van der Waals surface area (Å²) in [5.41, 5.74) is 4.38. The molecule has 0 saturated carbocycles. The van der Waals surface area contributed by atoms with Crippen LogP contribution in [0, 0.1) is 6.92 Å². The molecule has 3 rings (SSSR count). The van der Waals surface area contributed by atoms with Crippen LogP contribution in [0.15, 0.2) is 53.0 Å². The molecule has 0 aliphatic rings. The van der Waals surface area contributed by atoms with Crippen molar-refractivity contribution >= 4 is 25.4 Å². The van der Waals surface area contributed by atoms with E-state index in [9.17, 15) is 0 Å². The van der Waals surface area contributed by atoms with E-state index in [1.807, 2.05) is 6.92 Å². The summed E-state index contributed by atoms with van der Waals surface area (Å²) in [7, 11) is -1.82. The third-order valence-electron chi connectivity index (χ3n) is 5.62. The van der Waals surface area contributed by atoms with Gasteiger partial charge in [-0.15, -0.1) is 0 Å². The van der Waals surface area contributed by atoms with E-state index in [1.54, 1.807) is 0 Å². The van der Waals surface area contributed by atoms with E-state index in [-0.39, 0.29) is 5.04 Å². The molecule has 0 saturated heterocycles. The second-order valence-corrected chi connectivity index (χ2v) is 13.4. The normalized spacial score (nSPS) is 12.9. The molecule has 0 spiro atoms. The molecule has 0 aliphatic carbocycles. The largest absolute Gasteiger partial charge is 0.544 e. The Morgan fingerprint density at radius 2 is 1.67 bits per heavy atom. The van der Waals surface area contributed by atoms with E-state index in [1.165, 1.54) is 16.5 Å². The SMILES string of the molecule is C/C=C/c1ccc2oc(-c3ccc(O[Si](C)(C)C(C)(C)C)cc3)c(C)c2c1. The summed E-state index contributed by atoms with van der Waals surface area (Å²) < 4.78 is 12.5. The zero-order valence-corrected chi connectivity index (χ0v) is 18.5. The second kappa shape index (κ2) is 7.04. The lowest BCUT2D eigenvalue weighted by Crippen LogP contribution is -2.43. The minimum atomic E-state index is -1.82. The van der Waals surface area contributed by atoms with Crippen molar-refractivity contribution in [3.63, 3.8) is 0 Å². The smallest absolute Gasteiger partial charge is 0.250 e. The Balaban J connectivity index is 1.92. The zero-order chi connectivity index (χ0) is 19.8. The van der Waals surface area contributed by atoms with Crippen molar-refractivity contribution in [3.8, 4) is 17.1 Å². The highest BCUT2D eigenvalue weighted by molar-refractivity contribution is 6.74. The molecule has 0 unspecified atom stereocenters. The molecule has 1 heterocycles. The molecule has 0 radical (unpaired) electrons. The van der Waals surface area contributed by atoms with Crippen LogP contribution in [-0.2, 0) is 0 Å². The van der Waals surface area contributed by atoms with Crippen molar-refractivity contribution in [1.82, 2.24) is 0 Å². The van der Waals surface area contributed by atoms with Crippen LogP contribution in [0.2, 0.25) is 18.1 Å². The van der Waals surface area contributed by atoms with E-state index in [0.717, 1.165) is 22.7 Å². The first-order chi connectivity index (χ1) is 12.6. The van der Waals surface area contributed by atoms with Gasteiger partial charge in [-0.25, -0.2) is 0 Å². The fourth-order valence-corrected chi connectivity index (χ4v) is 3.96. The van der Waals surface area contributed by atoms with Crippen LogP contribution in [0.5, 0.6) is 5.75 Å². The topological polar surface area (TPSA) is 22.4 Å². The van der Waals surface area contributed by atoms with Crippen LogP contribution >= 0.6 is 0 Å². The highest BCUT2D eigenvalue weighted by Gasteiger charge is 2.38. The van der Waals surface area contributed by atoms with E-state index in [4.69, 9.17) is 8.84 Å². The maximum absolute atomic E-state index is 6.39. The van der Waals surface area contributed by atoms with Gasteiger partial charge in [0.15, 0.2) is 0 Å². The molecule has 0 bridgehead atoms. The predicted molar refractivity (Wildman–Crippen MR) is 119 cm³/mol. The first-order valence-corrected chi connectivity index (χ1v) is 12.5.